The van der Waals surface area contributed by atoms with Crippen molar-refractivity contribution in [1.82, 2.24) is 0 Å². The summed E-state index contributed by atoms with van der Waals surface area (Å²) in [6.45, 7) is 1.95. The summed E-state index contributed by atoms with van der Waals surface area (Å²) in [4.78, 5) is 36.9. The highest BCUT2D eigenvalue weighted by molar-refractivity contribution is 7.20. The Morgan fingerprint density at radius 1 is 1.17 bits per heavy atom. The maximum Gasteiger partial charge on any atom is 0.341 e. The Labute approximate surface area is 176 Å². The third kappa shape index (κ3) is 3.57. The molecule has 1 aromatic heterocycles. The molecule has 0 bridgehead atoms. The van der Waals surface area contributed by atoms with E-state index in [1.807, 2.05) is 18.2 Å². The van der Waals surface area contributed by atoms with Gasteiger partial charge in [0.2, 0.25) is 0 Å². The monoisotopic (exact) mass is 422 g/mol. The molecule has 0 fully saturated rings. The molecule has 152 valence electrons. The van der Waals surface area contributed by atoms with Crippen LogP contribution in [0.5, 0.6) is 0 Å². The molecule has 1 heterocycles. The van der Waals surface area contributed by atoms with Crippen molar-refractivity contribution in [1.29, 1.82) is 0 Å². The van der Waals surface area contributed by atoms with Gasteiger partial charge in [0, 0.05) is 22.6 Å². The number of nitro benzene ring substituents is 1. The molecule has 0 spiro atoms. The molecule has 1 N–H and O–H groups in total. The Kier molecular flexibility index (Phi) is 5.33. The molecule has 0 aliphatic heterocycles. The smallest absolute Gasteiger partial charge is 0.341 e. The summed E-state index contributed by atoms with van der Waals surface area (Å²) in [5.41, 5.74) is 3.44. The van der Waals surface area contributed by atoms with Crippen molar-refractivity contribution < 1.29 is 19.2 Å². The summed E-state index contributed by atoms with van der Waals surface area (Å²) in [5, 5.41) is 14.2. The van der Waals surface area contributed by atoms with Crippen LogP contribution in [0.2, 0.25) is 0 Å². The van der Waals surface area contributed by atoms with Crippen LogP contribution in [0.25, 0.3) is 10.4 Å². The Bertz CT molecular complexity index is 1170. The number of hydrogen-bond donors (Lipinski definition) is 1. The van der Waals surface area contributed by atoms with Gasteiger partial charge in [-0.1, -0.05) is 30.3 Å². The summed E-state index contributed by atoms with van der Waals surface area (Å²) in [6.07, 6.45) is 1.47. The van der Waals surface area contributed by atoms with E-state index in [1.54, 1.807) is 6.92 Å². The number of aryl methyl sites for hydroxylation is 1. The predicted molar refractivity (Wildman–Crippen MR) is 114 cm³/mol. The summed E-state index contributed by atoms with van der Waals surface area (Å²) < 4.78 is 5.25. The van der Waals surface area contributed by atoms with Gasteiger partial charge in [-0.2, -0.15) is 0 Å². The van der Waals surface area contributed by atoms with Crippen LogP contribution < -0.4 is 5.32 Å². The van der Waals surface area contributed by atoms with Crippen LogP contribution in [0.1, 0.15) is 38.8 Å². The molecular formula is C22H18N2O5S. The molecule has 8 heteroatoms. The zero-order chi connectivity index (χ0) is 21.3. The van der Waals surface area contributed by atoms with E-state index in [1.165, 1.54) is 41.2 Å². The molecule has 30 heavy (non-hydrogen) atoms. The average molecular weight is 422 g/mol. The number of nitrogens with zero attached hydrogens (tertiary/aromatic N) is 1. The number of hydrogen-bond acceptors (Lipinski definition) is 6. The first-order valence-corrected chi connectivity index (χ1v) is 10.3. The SMILES string of the molecule is CCOC(=O)c1c(NC(=O)c2cccc([N+](=O)[O-])c2)sc2c1CCc1ccccc1-2. The maximum atomic E-state index is 12.8. The van der Waals surface area contributed by atoms with E-state index >= 15 is 0 Å². The highest BCUT2D eigenvalue weighted by Gasteiger charge is 2.29. The van der Waals surface area contributed by atoms with Gasteiger partial charge in [-0.15, -0.1) is 11.3 Å². The number of thiophene rings is 1. The molecule has 3 aromatic rings. The van der Waals surface area contributed by atoms with Crippen LogP contribution in [0.3, 0.4) is 0 Å². The quantitative estimate of drug-likeness (QED) is 0.360. The second kappa shape index (κ2) is 8.08. The predicted octanol–water partition coefficient (Wildman–Crippen LogP) is 4.85. The van der Waals surface area contributed by atoms with Gasteiger partial charge in [0.25, 0.3) is 11.6 Å². The lowest BCUT2D eigenvalue weighted by molar-refractivity contribution is -0.384. The van der Waals surface area contributed by atoms with E-state index in [-0.39, 0.29) is 17.9 Å². The van der Waals surface area contributed by atoms with Crippen molar-refractivity contribution in [2.45, 2.75) is 19.8 Å². The van der Waals surface area contributed by atoms with Crippen molar-refractivity contribution in [3.8, 4) is 10.4 Å². The number of nitro groups is 1. The third-order valence-electron chi connectivity index (χ3n) is 4.94. The standard InChI is InChI=1S/C22H18N2O5S/c1-2-29-22(26)18-17-11-10-13-6-3-4-9-16(13)19(17)30-21(18)23-20(25)14-7-5-8-15(12-14)24(27)28/h3-9,12H,2,10-11H2,1H3,(H,23,25). The molecule has 0 radical (unpaired) electrons. The maximum absolute atomic E-state index is 12.8. The van der Waals surface area contributed by atoms with Crippen LogP contribution in [-0.4, -0.2) is 23.4 Å². The minimum absolute atomic E-state index is 0.144. The fourth-order valence-corrected chi connectivity index (χ4v) is 4.88. The lowest BCUT2D eigenvalue weighted by Gasteiger charge is -2.16. The summed E-state index contributed by atoms with van der Waals surface area (Å²) in [6, 6.07) is 13.5. The number of nitrogens with one attached hydrogen (secondary N) is 1. The second-order valence-electron chi connectivity index (χ2n) is 6.75. The Hall–Kier alpha value is -3.52. The Morgan fingerprint density at radius 2 is 1.97 bits per heavy atom. The number of esters is 1. The van der Waals surface area contributed by atoms with Crippen molar-refractivity contribution in [3.63, 3.8) is 0 Å². The Balaban J connectivity index is 1.76. The van der Waals surface area contributed by atoms with E-state index in [0.717, 1.165) is 22.4 Å². The third-order valence-corrected chi connectivity index (χ3v) is 6.12. The minimum atomic E-state index is -0.554. The number of carbonyl (C=O) groups excluding carboxylic acids is 2. The largest absolute Gasteiger partial charge is 0.462 e. The zero-order valence-corrected chi connectivity index (χ0v) is 17.0. The summed E-state index contributed by atoms with van der Waals surface area (Å²) in [7, 11) is 0. The summed E-state index contributed by atoms with van der Waals surface area (Å²) >= 11 is 1.33. The van der Waals surface area contributed by atoms with Crippen molar-refractivity contribution >= 4 is 33.9 Å². The zero-order valence-electron chi connectivity index (χ0n) is 16.1. The molecule has 0 saturated heterocycles. The summed E-state index contributed by atoms with van der Waals surface area (Å²) in [5.74, 6) is -1.00. The van der Waals surface area contributed by atoms with Gasteiger partial charge in [-0.3, -0.25) is 14.9 Å². The van der Waals surface area contributed by atoms with E-state index in [0.29, 0.717) is 17.0 Å². The van der Waals surface area contributed by atoms with Crippen LogP contribution >= 0.6 is 11.3 Å². The molecule has 0 atom stereocenters. The lowest BCUT2D eigenvalue weighted by atomic mass is 9.89. The van der Waals surface area contributed by atoms with Crippen LogP contribution in [0.15, 0.2) is 48.5 Å². The van der Waals surface area contributed by atoms with E-state index < -0.39 is 16.8 Å². The molecule has 0 unspecified atom stereocenters. The molecule has 1 amide bonds. The molecule has 7 nitrogen and oxygen atoms in total. The first kappa shape index (κ1) is 19.8. The van der Waals surface area contributed by atoms with Crippen LogP contribution in [0, 0.1) is 10.1 Å². The van der Waals surface area contributed by atoms with Gasteiger partial charge in [-0.05, 0) is 42.5 Å². The van der Waals surface area contributed by atoms with Crippen molar-refractivity contribution in [3.05, 3.63) is 80.9 Å². The topological polar surface area (TPSA) is 98.5 Å². The van der Waals surface area contributed by atoms with E-state index in [4.69, 9.17) is 4.74 Å². The highest BCUT2D eigenvalue weighted by atomic mass is 32.1. The molecule has 1 aliphatic carbocycles. The highest BCUT2D eigenvalue weighted by Crippen LogP contribution is 2.45. The van der Waals surface area contributed by atoms with Crippen molar-refractivity contribution in [2.75, 3.05) is 11.9 Å². The van der Waals surface area contributed by atoms with Gasteiger partial charge in [0.05, 0.1) is 17.1 Å². The number of non-ortho nitro benzene ring substituents is 1. The normalized spacial score (nSPS) is 11.9. The fourth-order valence-electron chi connectivity index (χ4n) is 3.58. The molecule has 2 aromatic carbocycles. The number of amides is 1. The fraction of sp³-hybridized carbons (Fsp3) is 0.182. The number of carbonyl (C=O) groups is 2. The molecule has 4 rings (SSSR count). The van der Waals surface area contributed by atoms with Gasteiger partial charge >= 0.3 is 5.97 Å². The lowest BCUT2D eigenvalue weighted by Crippen LogP contribution is -2.16. The number of rotatable bonds is 5. The van der Waals surface area contributed by atoms with Gasteiger partial charge in [0.1, 0.15) is 5.00 Å². The van der Waals surface area contributed by atoms with E-state index in [9.17, 15) is 19.7 Å². The average Bonchev–Trinajstić information content (AvgIpc) is 3.12. The van der Waals surface area contributed by atoms with E-state index in [2.05, 4.69) is 11.4 Å². The number of anilines is 1. The van der Waals surface area contributed by atoms with Crippen LogP contribution in [-0.2, 0) is 17.6 Å². The van der Waals surface area contributed by atoms with Gasteiger partial charge in [-0.25, -0.2) is 4.79 Å². The first-order valence-electron chi connectivity index (χ1n) is 9.46. The molecular weight excluding hydrogens is 404 g/mol. The number of ether oxygens (including phenoxy) is 1. The first-order chi connectivity index (χ1) is 14.5. The molecule has 0 saturated carbocycles. The van der Waals surface area contributed by atoms with Gasteiger partial charge in [0.15, 0.2) is 0 Å². The number of fused-ring (bicyclic) bond motifs is 3. The van der Waals surface area contributed by atoms with Crippen molar-refractivity contribution in [2.24, 2.45) is 0 Å². The Morgan fingerprint density at radius 3 is 2.73 bits per heavy atom. The molecule has 1 aliphatic rings. The second-order valence-corrected chi connectivity index (χ2v) is 7.77. The minimum Gasteiger partial charge on any atom is -0.462 e. The van der Waals surface area contributed by atoms with Crippen LogP contribution in [0.4, 0.5) is 10.7 Å². The number of benzene rings is 2. The van der Waals surface area contributed by atoms with Gasteiger partial charge < -0.3 is 10.1 Å².